The zero-order valence-corrected chi connectivity index (χ0v) is 17.0. The van der Waals surface area contributed by atoms with Crippen LogP contribution in [0.4, 0.5) is 0 Å². The van der Waals surface area contributed by atoms with Gasteiger partial charge in [-0.2, -0.15) is 0 Å². The minimum atomic E-state index is -0.347. The van der Waals surface area contributed by atoms with Gasteiger partial charge >= 0.3 is 0 Å². The van der Waals surface area contributed by atoms with Gasteiger partial charge < -0.3 is 9.40 Å². The number of aromatic amines is 1. The number of rotatable bonds is 6. The summed E-state index contributed by atoms with van der Waals surface area (Å²) < 4.78 is 7.47. The van der Waals surface area contributed by atoms with Crippen LogP contribution in [0.25, 0.3) is 28.2 Å². The molecule has 0 fully saturated rings. The smallest absolute Gasteiger partial charge is 0.205 e. The molecular weight excluding hydrogens is 396 g/mol. The number of H-pyrrole nitrogens is 1. The zero-order valence-electron chi connectivity index (χ0n) is 16.1. The molecule has 0 amide bonds. The van der Waals surface area contributed by atoms with E-state index in [1.165, 1.54) is 11.8 Å². The second-order valence-electron chi connectivity index (χ2n) is 6.83. The Morgan fingerprint density at radius 2 is 1.83 bits per heavy atom. The summed E-state index contributed by atoms with van der Waals surface area (Å²) in [5.74, 6) is 1.26. The van der Waals surface area contributed by atoms with Crippen molar-refractivity contribution >= 4 is 28.4 Å². The molecule has 5 rings (SSSR count). The Bertz CT molecular complexity index is 1310. The highest BCUT2D eigenvalue weighted by atomic mass is 32.2. The third kappa shape index (κ3) is 3.23. The highest BCUT2D eigenvalue weighted by molar-refractivity contribution is 8.00. The van der Waals surface area contributed by atoms with Gasteiger partial charge in [-0.25, -0.2) is 0 Å². The Morgan fingerprint density at radius 1 is 1.03 bits per heavy atom. The van der Waals surface area contributed by atoms with E-state index in [-0.39, 0.29) is 11.0 Å². The first-order valence-electron chi connectivity index (χ1n) is 9.54. The summed E-state index contributed by atoms with van der Waals surface area (Å²) in [5.41, 5.74) is 2.54. The average Bonchev–Trinajstić information content (AvgIpc) is 3.53. The number of carbonyl (C=O) groups excluding carboxylic acids is 1. The van der Waals surface area contributed by atoms with E-state index in [2.05, 4.69) is 15.2 Å². The molecule has 2 aromatic carbocycles. The molecule has 0 bridgehead atoms. The number of hydrogen-bond donors (Lipinski definition) is 1. The normalized spacial score (nSPS) is 12.3. The van der Waals surface area contributed by atoms with Crippen molar-refractivity contribution in [1.29, 1.82) is 0 Å². The number of furan rings is 1. The second-order valence-corrected chi connectivity index (χ2v) is 8.13. The van der Waals surface area contributed by atoms with Crippen LogP contribution in [0.2, 0.25) is 0 Å². The number of nitrogens with one attached hydrogen (secondary N) is 1. The van der Waals surface area contributed by atoms with Gasteiger partial charge in [0.15, 0.2) is 16.7 Å². The molecule has 0 saturated heterocycles. The number of nitrogens with zero attached hydrogens (tertiary/aromatic N) is 3. The Morgan fingerprint density at radius 3 is 2.63 bits per heavy atom. The topological polar surface area (TPSA) is 76.7 Å². The van der Waals surface area contributed by atoms with Crippen LogP contribution in [-0.4, -0.2) is 30.8 Å². The van der Waals surface area contributed by atoms with Gasteiger partial charge in [0.1, 0.15) is 0 Å². The van der Waals surface area contributed by atoms with Crippen molar-refractivity contribution in [3.8, 4) is 17.3 Å². The Labute approximate surface area is 176 Å². The first-order valence-corrected chi connectivity index (χ1v) is 10.4. The molecule has 0 aliphatic heterocycles. The van der Waals surface area contributed by atoms with Crippen LogP contribution in [0.5, 0.6) is 0 Å². The van der Waals surface area contributed by atoms with Crippen LogP contribution >= 0.6 is 11.8 Å². The van der Waals surface area contributed by atoms with Crippen molar-refractivity contribution < 1.29 is 9.21 Å². The summed E-state index contributed by atoms with van der Waals surface area (Å²) in [5, 5.41) is 9.92. The molecule has 30 heavy (non-hydrogen) atoms. The maximum atomic E-state index is 13.2. The summed E-state index contributed by atoms with van der Waals surface area (Å²) in [6, 6.07) is 21.3. The molecule has 7 heteroatoms. The number of fused-ring (bicyclic) bond motifs is 1. The van der Waals surface area contributed by atoms with Gasteiger partial charge in [-0.3, -0.25) is 9.36 Å². The highest BCUT2D eigenvalue weighted by Gasteiger charge is 2.24. The molecule has 0 radical (unpaired) electrons. The van der Waals surface area contributed by atoms with Gasteiger partial charge in [-0.1, -0.05) is 48.2 Å². The van der Waals surface area contributed by atoms with E-state index in [1.54, 1.807) is 12.5 Å². The zero-order chi connectivity index (χ0) is 20.5. The fourth-order valence-electron chi connectivity index (χ4n) is 3.43. The number of Topliss-reactive ketones (excluding diaryl/α,β-unsaturated/α-hetero) is 1. The molecule has 0 aliphatic carbocycles. The van der Waals surface area contributed by atoms with E-state index in [9.17, 15) is 4.79 Å². The molecule has 6 nitrogen and oxygen atoms in total. The van der Waals surface area contributed by atoms with Crippen molar-refractivity contribution in [2.75, 3.05) is 0 Å². The third-order valence-corrected chi connectivity index (χ3v) is 5.94. The molecule has 3 aromatic heterocycles. The molecule has 5 aromatic rings. The molecule has 0 spiro atoms. The summed E-state index contributed by atoms with van der Waals surface area (Å²) in [6.45, 7) is 1.89. The number of ketones is 1. The maximum absolute atomic E-state index is 13.2. The van der Waals surface area contributed by atoms with E-state index in [4.69, 9.17) is 4.42 Å². The highest BCUT2D eigenvalue weighted by Crippen LogP contribution is 2.32. The summed E-state index contributed by atoms with van der Waals surface area (Å²) in [6.07, 6.45) is 3.38. The standard InChI is InChI=1S/C23H18N4O2S/c1-15(21(28)18-14-24-19-11-6-5-10-17(18)19)30-23-26-25-22(20-12-7-13-29-20)27(23)16-8-3-2-4-9-16/h2-15,24H,1H3. The van der Waals surface area contributed by atoms with Crippen molar-refractivity contribution in [1.82, 2.24) is 19.7 Å². The van der Waals surface area contributed by atoms with Gasteiger partial charge in [0.05, 0.1) is 11.5 Å². The fraction of sp³-hybridized carbons (Fsp3) is 0.0870. The number of aromatic nitrogens is 4. The largest absolute Gasteiger partial charge is 0.461 e. The Kier molecular flexibility index (Phi) is 4.72. The molecule has 148 valence electrons. The van der Waals surface area contributed by atoms with Gasteiger partial charge in [-0.05, 0) is 37.3 Å². The first-order chi connectivity index (χ1) is 14.7. The Hall–Kier alpha value is -3.58. The lowest BCUT2D eigenvalue weighted by Gasteiger charge is -2.12. The van der Waals surface area contributed by atoms with Crippen LogP contribution in [0.3, 0.4) is 0 Å². The lowest BCUT2D eigenvalue weighted by molar-refractivity contribution is 0.0995. The minimum absolute atomic E-state index is 0.0413. The minimum Gasteiger partial charge on any atom is -0.461 e. The molecule has 0 saturated carbocycles. The average molecular weight is 414 g/mol. The molecular formula is C23H18N4O2S. The lowest BCUT2D eigenvalue weighted by atomic mass is 10.1. The molecule has 3 heterocycles. The molecule has 1 atom stereocenters. The predicted octanol–water partition coefficient (Wildman–Crippen LogP) is 5.37. The van der Waals surface area contributed by atoms with Gasteiger partial charge in [0.2, 0.25) is 5.82 Å². The number of benzene rings is 2. The maximum Gasteiger partial charge on any atom is 0.205 e. The summed E-state index contributed by atoms with van der Waals surface area (Å²) in [4.78, 5) is 16.4. The second kappa shape index (κ2) is 7.68. The molecule has 1 N–H and O–H groups in total. The Balaban J connectivity index is 1.51. The number of thioether (sulfide) groups is 1. The monoisotopic (exact) mass is 414 g/mol. The van der Waals surface area contributed by atoms with Crippen LogP contribution in [0.1, 0.15) is 17.3 Å². The predicted molar refractivity (Wildman–Crippen MR) is 117 cm³/mol. The van der Waals surface area contributed by atoms with E-state index in [1.807, 2.05) is 78.2 Å². The van der Waals surface area contributed by atoms with Gasteiger partial charge in [0.25, 0.3) is 0 Å². The van der Waals surface area contributed by atoms with Crippen molar-refractivity contribution in [3.05, 3.63) is 84.8 Å². The molecule has 0 aliphatic rings. The first kappa shape index (κ1) is 18.4. The van der Waals surface area contributed by atoms with Crippen molar-refractivity contribution in [3.63, 3.8) is 0 Å². The fourth-order valence-corrected chi connectivity index (χ4v) is 4.36. The quantitative estimate of drug-likeness (QED) is 0.298. The summed E-state index contributed by atoms with van der Waals surface area (Å²) >= 11 is 1.38. The third-order valence-electron chi connectivity index (χ3n) is 4.90. The van der Waals surface area contributed by atoms with Crippen molar-refractivity contribution in [2.45, 2.75) is 17.3 Å². The van der Waals surface area contributed by atoms with Crippen LogP contribution < -0.4 is 0 Å². The van der Waals surface area contributed by atoms with E-state index < -0.39 is 0 Å². The van der Waals surface area contributed by atoms with Crippen LogP contribution in [0, 0.1) is 0 Å². The number of carbonyl (C=O) groups is 1. The number of para-hydroxylation sites is 2. The number of hydrogen-bond acceptors (Lipinski definition) is 5. The van der Waals surface area contributed by atoms with Gasteiger partial charge in [0, 0.05) is 28.4 Å². The lowest BCUT2D eigenvalue weighted by Crippen LogP contribution is -2.14. The van der Waals surface area contributed by atoms with Crippen LogP contribution in [-0.2, 0) is 0 Å². The van der Waals surface area contributed by atoms with Gasteiger partial charge in [-0.15, -0.1) is 10.2 Å². The van der Waals surface area contributed by atoms with E-state index >= 15 is 0 Å². The SMILES string of the molecule is CC(Sc1nnc(-c2ccco2)n1-c1ccccc1)C(=O)c1c[nH]c2ccccc12. The molecule has 1 unspecified atom stereocenters. The van der Waals surface area contributed by atoms with E-state index in [0.717, 1.165) is 16.6 Å². The van der Waals surface area contributed by atoms with E-state index in [0.29, 0.717) is 22.3 Å². The van der Waals surface area contributed by atoms with Crippen molar-refractivity contribution in [2.24, 2.45) is 0 Å². The summed E-state index contributed by atoms with van der Waals surface area (Å²) in [7, 11) is 0. The van der Waals surface area contributed by atoms with Crippen LogP contribution in [0.15, 0.2) is 88.8 Å².